The molecule has 0 aromatic heterocycles. The van der Waals surface area contributed by atoms with Gasteiger partial charge in [-0.25, -0.2) is 14.5 Å². The lowest BCUT2D eigenvalue weighted by molar-refractivity contribution is -0.173. The number of rotatable bonds is 8. The molecule has 0 spiro atoms. The number of alkyl halides is 3. The highest BCUT2D eigenvalue weighted by atomic mass is 19.4. The van der Waals surface area contributed by atoms with Crippen molar-refractivity contribution in [2.45, 2.75) is 32.4 Å². The highest BCUT2D eigenvalue weighted by Gasteiger charge is 2.54. The number of fused-ring (bicyclic) bond motifs is 2. The Kier molecular flexibility index (Phi) is 8.24. The standard InChI is InChI=1S/C38H26F3N3O9/c1-18-13-20(5-11-29(18)52-31(45)17-42)37(3,38(39,40)41)21-6-12-30(53-36(50)43-4)28(14-21)44-34(48)25-10-8-23(16-27(25)35(44)49)51-22-7-9-24-26(15-22)33(47)19(2)32(24)46/h5-17,19,42H,4H2,1-3H3/b42-17+/i4T/hT/b42-17+,43-4+. The van der Waals surface area contributed by atoms with Crippen LogP contribution in [0.4, 0.5) is 23.7 Å². The number of carbonyl (C=O) groups excluding carboxylic acids is 6. The number of aliphatic imine (C=N–C) groups is 1. The third-order valence-electron chi connectivity index (χ3n) is 9.12. The van der Waals surface area contributed by atoms with Crippen molar-refractivity contribution >= 4 is 54.0 Å². The largest absolute Gasteiger partial charge is 0.457 e. The van der Waals surface area contributed by atoms with Crippen LogP contribution in [0.5, 0.6) is 23.0 Å². The maximum atomic E-state index is 15.2. The first kappa shape index (κ1) is 33.4. The molecule has 3 amide bonds. The van der Waals surface area contributed by atoms with Gasteiger partial charge >= 0.3 is 18.2 Å². The summed E-state index contributed by atoms with van der Waals surface area (Å²) in [5, 5.41) is 2.80. The fraction of sp³-hybridized carbons (Fsp3) is 0.158. The molecule has 1 heterocycles. The molecule has 0 saturated heterocycles. The minimum atomic E-state index is -5.03. The van der Waals surface area contributed by atoms with E-state index in [2.05, 4.69) is 10.4 Å². The van der Waals surface area contributed by atoms with Gasteiger partial charge in [0.05, 0.1) is 24.1 Å². The minimum Gasteiger partial charge on any atom is -0.457 e. The number of ether oxygens (including phenoxy) is 3. The van der Waals surface area contributed by atoms with Crippen LogP contribution in [0, 0.1) is 18.2 Å². The summed E-state index contributed by atoms with van der Waals surface area (Å²) in [7, 11) is 0. The fourth-order valence-corrected chi connectivity index (χ4v) is 6.14. The van der Waals surface area contributed by atoms with Crippen molar-refractivity contribution in [1.82, 2.24) is 0 Å². The normalized spacial score (nSPS) is 17.1. The second kappa shape index (κ2) is 13.1. The third-order valence-corrected chi connectivity index (χ3v) is 9.12. The van der Waals surface area contributed by atoms with E-state index in [1.165, 1.54) is 50.2 Å². The van der Waals surface area contributed by atoms with Gasteiger partial charge in [-0.2, -0.15) is 18.2 Å². The van der Waals surface area contributed by atoms with Crippen molar-refractivity contribution < 1.29 is 58.9 Å². The van der Waals surface area contributed by atoms with Crippen LogP contribution in [-0.2, 0) is 10.2 Å². The smallest absolute Gasteiger partial charge is 0.438 e. The number of amides is 3. The van der Waals surface area contributed by atoms with Gasteiger partial charge in [0.1, 0.15) is 28.9 Å². The van der Waals surface area contributed by atoms with Gasteiger partial charge < -0.3 is 19.6 Å². The van der Waals surface area contributed by atoms with Crippen LogP contribution in [0.2, 0.25) is 1.41 Å². The van der Waals surface area contributed by atoms with E-state index in [0.717, 1.165) is 43.3 Å². The zero-order valence-corrected chi connectivity index (χ0v) is 27.8. The number of nitrogens with one attached hydrogen (secondary N) is 1. The summed E-state index contributed by atoms with van der Waals surface area (Å²) in [4.78, 5) is 80.6. The predicted molar refractivity (Wildman–Crippen MR) is 182 cm³/mol. The van der Waals surface area contributed by atoms with Gasteiger partial charge in [-0.3, -0.25) is 19.2 Å². The molecule has 1 aliphatic heterocycles. The Morgan fingerprint density at radius 1 is 0.849 bits per heavy atom. The van der Waals surface area contributed by atoms with E-state index >= 15 is 13.2 Å². The summed E-state index contributed by atoms with van der Waals surface area (Å²) in [6, 6.07) is 14.2. The number of esters is 1. The van der Waals surface area contributed by atoms with E-state index in [1.54, 1.807) is 0 Å². The summed E-state index contributed by atoms with van der Waals surface area (Å²) in [5.74, 6) is -5.01. The molecule has 4 aromatic rings. The second-order valence-electron chi connectivity index (χ2n) is 12.2. The molecule has 1 aliphatic carbocycles. The van der Waals surface area contributed by atoms with Crippen molar-refractivity contribution in [3.05, 3.63) is 112 Å². The summed E-state index contributed by atoms with van der Waals surface area (Å²) in [6.45, 7) is 4.10. The van der Waals surface area contributed by atoms with Crippen LogP contribution in [-0.4, -0.2) is 54.5 Å². The number of carbonyl (C=O) groups is 6. The van der Waals surface area contributed by atoms with Crippen molar-refractivity contribution in [3.8, 4) is 23.0 Å². The highest BCUT2D eigenvalue weighted by Crippen LogP contribution is 2.49. The molecule has 12 nitrogen and oxygen atoms in total. The first-order valence-electron chi connectivity index (χ1n) is 16.6. The van der Waals surface area contributed by atoms with E-state index < -0.39 is 58.4 Å². The number of ketones is 2. The Balaban J connectivity index is 1.40. The number of hydrogen-bond donors (Lipinski definition) is 1. The number of Topliss-reactive ketones (excluding diaryl/α,β-unsaturated/α-hetero) is 2. The van der Waals surface area contributed by atoms with Gasteiger partial charge in [-0.1, -0.05) is 18.2 Å². The quantitative estimate of drug-likeness (QED) is 0.0647. The number of nitrogens with zero attached hydrogens (tertiary/aromatic N) is 2. The Labute approximate surface area is 301 Å². The lowest BCUT2D eigenvalue weighted by Gasteiger charge is -2.34. The number of anilines is 1. The molecular formula is C38H26F3N3O9. The monoisotopic (exact) mass is 729 g/mol. The van der Waals surface area contributed by atoms with E-state index in [0.29, 0.717) is 17.8 Å². The highest BCUT2D eigenvalue weighted by molar-refractivity contribution is 6.35. The topological polar surface area (TPSA) is 170 Å². The van der Waals surface area contributed by atoms with Crippen LogP contribution in [0.15, 0.2) is 77.8 Å². The van der Waals surface area contributed by atoms with Gasteiger partial charge in [0, 0.05) is 11.1 Å². The zero-order chi connectivity index (χ0) is 40.0. The van der Waals surface area contributed by atoms with Crippen molar-refractivity contribution in [3.63, 3.8) is 0 Å². The van der Waals surface area contributed by atoms with Gasteiger partial charge in [0.2, 0.25) is 0 Å². The number of imide groups is 1. The molecular weight excluding hydrogens is 699 g/mol. The molecule has 4 aromatic carbocycles. The summed E-state index contributed by atoms with van der Waals surface area (Å²) >= 11 is 0. The van der Waals surface area contributed by atoms with E-state index in [-0.39, 0.29) is 62.2 Å². The van der Waals surface area contributed by atoms with Crippen LogP contribution < -0.4 is 19.1 Å². The Hall–Kier alpha value is -6.77. The first-order valence-corrected chi connectivity index (χ1v) is 15.6. The van der Waals surface area contributed by atoms with Gasteiger partial charge in [-0.15, -0.1) is 0 Å². The molecule has 0 fully saturated rings. The first-order chi connectivity index (χ1) is 26.0. The molecule has 6 rings (SSSR count). The Morgan fingerprint density at radius 2 is 1.45 bits per heavy atom. The van der Waals surface area contributed by atoms with Crippen LogP contribution >= 0.6 is 0 Å². The molecule has 268 valence electrons. The molecule has 2 atom stereocenters. The molecule has 0 bridgehead atoms. The Morgan fingerprint density at radius 3 is 2.09 bits per heavy atom. The van der Waals surface area contributed by atoms with Gasteiger partial charge in [0.25, 0.3) is 11.8 Å². The van der Waals surface area contributed by atoms with Gasteiger partial charge in [-0.05, 0) is 98.8 Å². The average Bonchev–Trinajstić information content (AvgIpc) is 3.50. The summed E-state index contributed by atoms with van der Waals surface area (Å²) in [5.41, 5.74) is -4.09. The molecule has 1 N–H and O–H groups in total. The summed E-state index contributed by atoms with van der Waals surface area (Å²) < 4.78 is 75.6. The van der Waals surface area contributed by atoms with Crippen LogP contribution in [0.3, 0.4) is 0 Å². The average molecular weight is 730 g/mol. The lowest BCUT2D eigenvalue weighted by Crippen LogP contribution is -2.41. The second-order valence-corrected chi connectivity index (χ2v) is 12.2. The molecule has 0 radical (unpaired) electrons. The van der Waals surface area contributed by atoms with Crippen molar-refractivity contribution in [2.24, 2.45) is 10.9 Å². The van der Waals surface area contributed by atoms with Gasteiger partial charge in [0.15, 0.2) is 18.7 Å². The molecule has 15 heteroatoms. The number of aryl methyl sites for hydroxylation is 1. The fourth-order valence-electron chi connectivity index (χ4n) is 6.14. The SMILES string of the molecule is [3H]/C=N/C(=O)Oc1ccc(C(C)(c2ccc(OC(=O)/C=N/[3H])c(C)c2)C(F)(F)F)cc1N1C(=O)c2ccc(Oc3ccc4c(c3)C(=O)C(C)C4=O)cc2C1=O. The molecule has 2 unspecified atom stereocenters. The van der Waals surface area contributed by atoms with Crippen molar-refractivity contribution in [2.75, 3.05) is 4.90 Å². The predicted octanol–water partition coefficient (Wildman–Crippen LogP) is 7.23. The summed E-state index contributed by atoms with van der Waals surface area (Å²) in [6.07, 6.45) is -5.83. The minimum absolute atomic E-state index is 0.0397. The third kappa shape index (κ3) is 6.05. The number of halogens is 3. The lowest BCUT2D eigenvalue weighted by atomic mass is 9.75. The molecule has 0 saturated carbocycles. The van der Waals surface area contributed by atoms with Crippen molar-refractivity contribution in [1.29, 1.82) is 5.40 Å². The Bertz CT molecular complexity index is 2410. The number of benzene rings is 4. The molecule has 53 heavy (non-hydrogen) atoms. The maximum Gasteiger partial charge on any atom is 0.438 e. The zero-order valence-electron chi connectivity index (χ0n) is 29.8. The molecule has 2 aliphatic rings. The van der Waals surface area contributed by atoms with E-state index in [9.17, 15) is 28.8 Å². The van der Waals surface area contributed by atoms with Crippen LogP contribution in [0.1, 0.15) is 73.3 Å². The van der Waals surface area contributed by atoms with Crippen LogP contribution in [0.25, 0.3) is 0 Å². The maximum absolute atomic E-state index is 15.2. The van der Waals surface area contributed by atoms with E-state index in [1.807, 2.05) is 0 Å². The number of hydrogen-bond acceptors (Lipinski definition) is 10. The van der Waals surface area contributed by atoms with E-state index in [4.69, 9.17) is 17.0 Å².